The van der Waals surface area contributed by atoms with Crippen LogP contribution in [0.25, 0.3) is 11.1 Å². The van der Waals surface area contributed by atoms with E-state index in [2.05, 4.69) is 15.0 Å². The number of ether oxygens (including phenoxy) is 1. The summed E-state index contributed by atoms with van der Waals surface area (Å²) in [6, 6.07) is 3.67. The van der Waals surface area contributed by atoms with Gasteiger partial charge >= 0.3 is 0 Å². The molecule has 0 spiro atoms. The maximum atomic E-state index is 5.39. The predicted octanol–water partition coefficient (Wildman–Crippen LogP) is 1.13. The Hall–Kier alpha value is -2.17. The number of methoxy groups -OCH3 is 1. The zero-order chi connectivity index (χ0) is 10.7. The van der Waals surface area contributed by atoms with E-state index >= 15 is 0 Å². The first-order valence-corrected chi connectivity index (χ1v) is 4.37. The molecule has 0 aromatic carbocycles. The highest BCUT2D eigenvalue weighted by Gasteiger charge is 2.00. The lowest BCUT2D eigenvalue weighted by atomic mass is 10.1. The van der Waals surface area contributed by atoms with Gasteiger partial charge in [0.1, 0.15) is 0 Å². The van der Waals surface area contributed by atoms with Crippen molar-refractivity contribution < 1.29 is 4.74 Å². The number of aromatic nitrogens is 3. The van der Waals surface area contributed by atoms with Gasteiger partial charge in [-0.1, -0.05) is 0 Å². The number of nitrogens with two attached hydrogens (primary N) is 1. The van der Waals surface area contributed by atoms with Crippen LogP contribution in [0.1, 0.15) is 0 Å². The van der Waals surface area contributed by atoms with Crippen LogP contribution in [0.5, 0.6) is 5.88 Å². The van der Waals surface area contributed by atoms with Crippen LogP contribution >= 0.6 is 0 Å². The quantitative estimate of drug-likeness (QED) is 0.790. The van der Waals surface area contributed by atoms with Crippen LogP contribution in [-0.4, -0.2) is 22.1 Å². The van der Waals surface area contributed by atoms with Crippen molar-refractivity contribution in [3.05, 3.63) is 30.7 Å². The smallest absolute Gasteiger partial charge is 0.219 e. The summed E-state index contributed by atoms with van der Waals surface area (Å²) in [6.45, 7) is 0. The van der Waals surface area contributed by atoms with Crippen LogP contribution in [-0.2, 0) is 0 Å². The summed E-state index contributed by atoms with van der Waals surface area (Å²) in [6.07, 6.45) is 5.02. The molecule has 0 bridgehead atoms. The predicted molar refractivity (Wildman–Crippen MR) is 56.2 cm³/mol. The molecule has 0 unspecified atom stereocenters. The molecule has 0 radical (unpaired) electrons. The first kappa shape index (κ1) is 9.39. The Morgan fingerprint density at radius 1 is 1.00 bits per heavy atom. The number of rotatable bonds is 2. The number of nitrogens with zero attached hydrogens (tertiary/aromatic N) is 3. The normalized spacial score (nSPS) is 9.93. The summed E-state index contributed by atoms with van der Waals surface area (Å²) in [5.74, 6) is 0.843. The van der Waals surface area contributed by atoms with E-state index in [0.29, 0.717) is 5.88 Å². The molecule has 2 aromatic heterocycles. The second-order valence-corrected chi connectivity index (χ2v) is 2.92. The third kappa shape index (κ3) is 2.01. The number of nitrogen functional groups attached to an aromatic ring is 1. The first-order chi connectivity index (χ1) is 7.29. The molecule has 0 fully saturated rings. The average Bonchev–Trinajstić information content (AvgIpc) is 2.30. The van der Waals surface area contributed by atoms with Gasteiger partial charge in [0.15, 0.2) is 0 Å². The zero-order valence-electron chi connectivity index (χ0n) is 8.21. The van der Waals surface area contributed by atoms with Crippen molar-refractivity contribution in [2.45, 2.75) is 0 Å². The van der Waals surface area contributed by atoms with Gasteiger partial charge in [-0.15, -0.1) is 0 Å². The fourth-order valence-electron chi connectivity index (χ4n) is 1.16. The number of pyridine rings is 1. The van der Waals surface area contributed by atoms with Gasteiger partial charge in [0.25, 0.3) is 0 Å². The van der Waals surface area contributed by atoms with Crippen molar-refractivity contribution in [2.24, 2.45) is 0 Å². The van der Waals surface area contributed by atoms with E-state index in [9.17, 15) is 0 Å². The molecule has 5 heteroatoms. The van der Waals surface area contributed by atoms with Crippen LogP contribution in [0.15, 0.2) is 30.7 Å². The van der Waals surface area contributed by atoms with E-state index in [4.69, 9.17) is 10.5 Å². The molecule has 5 nitrogen and oxygen atoms in total. The SMILES string of the molecule is COc1ccc(-c2cnc(N)nc2)cn1. The van der Waals surface area contributed by atoms with E-state index in [-0.39, 0.29) is 5.95 Å². The maximum absolute atomic E-state index is 5.39. The van der Waals surface area contributed by atoms with Crippen molar-refractivity contribution in [1.82, 2.24) is 15.0 Å². The molecule has 2 heterocycles. The van der Waals surface area contributed by atoms with Crippen LogP contribution < -0.4 is 10.5 Å². The van der Waals surface area contributed by atoms with Gasteiger partial charge in [0.2, 0.25) is 11.8 Å². The Morgan fingerprint density at radius 3 is 2.20 bits per heavy atom. The van der Waals surface area contributed by atoms with Gasteiger partial charge < -0.3 is 10.5 Å². The van der Waals surface area contributed by atoms with E-state index in [1.807, 2.05) is 6.07 Å². The van der Waals surface area contributed by atoms with Crippen LogP contribution in [0.3, 0.4) is 0 Å². The van der Waals surface area contributed by atoms with E-state index < -0.39 is 0 Å². The average molecular weight is 202 g/mol. The third-order valence-electron chi connectivity index (χ3n) is 1.95. The summed E-state index contributed by atoms with van der Waals surface area (Å²) in [5.41, 5.74) is 7.19. The summed E-state index contributed by atoms with van der Waals surface area (Å²) >= 11 is 0. The number of hydrogen-bond donors (Lipinski definition) is 1. The standard InChI is InChI=1S/C10H10N4O/c1-15-9-3-2-7(4-12-9)8-5-13-10(11)14-6-8/h2-6H,1H3,(H2,11,13,14). The molecule has 0 saturated heterocycles. The highest BCUT2D eigenvalue weighted by molar-refractivity contribution is 5.60. The van der Waals surface area contributed by atoms with Crippen molar-refractivity contribution in [3.63, 3.8) is 0 Å². The molecule has 0 amide bonds. The van der Waals surface area contributed by atoms with Crippen LogP contribution in [0.2, 0.25) is 0 Å². The Morgan fingerprint density at radius 2 is 1.67 bits per heavy atom. The number of hydrogen-bond acceptors (Lipinski definition) is 5. The second-order valence-electron chi connectivity index (χ2n) is 2.92. The lowest BCUT2D eigenvalue weighted by Crippen LogP contribution is -1.94. The molecule has 2 N–H and O–H groups in total. The molecule has 0 atom stereocenters. The fourth-order valence-corrected chi connectivity index (χ4v) is 1.16. The van der Waals surface area contributed by atoms with E-state index in [1.165, 1.54) is 0 Å². The summed E-state index contributed by atoms with van der Waals surface area (Å²) in [5, 5.41) is 0. The molecule has 15 heavy (non-hydrogen) atoms. The molecule has 2 rings (SSSR count). The molecule has 2 aromatic rings. The highest BCUT2D eigenvalue weighted by atomic mass is 16.5. The van der Waals surface area contributed by atoms with E-state index in [1.54, 1.807) is 31.8 Å². The summed E-state index contributed by atoms with van der Waals surface area (Å²) in [4.78, 5) is 11.9. The van der Waals surface area contributed by atoms with Crippen molar-refractivity contribution in [1.29, 1.82) is 0 Å². The molecule has 0 saturated carbocycles. The minimum atomic E-state index is 0.264. The van der Waals surface area contributed by atoms with Gasteiger partial charge in [-0.2, -0.15) is 0 Å². The van der Waals surface area contributed by atoms with Crippen molar-refractivity contribution >= 4 is 5.95 Å². The van der Waals surface area contributed by atoms with Gasteiger partial charge in [0.05, 0.1) is 7.11 Å². The first-order valence-electron chi connectivity index (χ1n) is 4.37. The minimum absolute atomic E-state index is 0.264. The molecular weight excluding hydrogens is 192 g/mol. The van der Waals surface area contributed by atoms with E-state index in [0.717, 1.165) is 11.1 Å². The third-order valence-corrected chi connectivity index (χ3v) is 1.95. The van der Waals surface area contributed by atoms with Gasteiger partial charge in [-0.25, -0.2) is 15.0 Å². The molecule has 0 aliphatic carbocycles. The highest BCUT2D eigenvalue weighted by Crippen LogP contribution is 2.18. The van der Waals surface area contributed by atoms with Crippen molar-refractivity contribution in [3.8, 4) is 17.0 Å². The minimum Gasteiger partial charge on any atom is -0.481 e. The molecule has 0 aliphatic heterocycles. The van der Waals surface area contributed by atoms with Crippen LogP contribution in [0, 0.1) is 0 Å². The maximum Gasteiger partial charge on any atom is 0.219 e. The van der Waals surface area contributed by atoms with Gasteiger partial charge in [0, 0.05) is 35.8 Å². The Kier molecular flexibility index (Phi) is 2.45. The van der Waals surface area contributed by atoms with Crippen molar-refractivity contribution in [2.75, 3.05) is 12.8 Å². The zero-order valence-corrected chi connectivity index (χ0v) is 8.21. The van der Waals surface area contributed by atoms with Crippen LogP contribution in [0.4, 0.5) is 5.95 Å². The second kappa shape index (κ2) is 3.91. The van der Waals surface area contributed by atoms with Gasteiger partial charge in [-0.05, 0) is 6.07 Å². The fraction of sp³-hybridized carbons (Fsp3) is 0.100. The lowest BCUT2D eigenvalue weighted by molar-refractivity contribution is 0.398. The lowest BCUT2D eigenvalue weighted by Gasteiger charge is -2.01. The Balaban J connectivity index is 2.33. The number of anilines is 1. The largest absolute Gasteiger partial charge is 0.481 e. The topological polar surface area (TPSA) is 73.9 Å². The molecule has 0 aliphatic rings. The van der Waals surface area contributed by atoms with Gasteiger partial charge in [-0.3, -0.25) is 0 Å². The molecular formula is C10H10N4O. The molecule has 76 valence electrons. The Bertz CT molecular complexity index is 438. The summed E-state index contributed by atoms with van der Waals surface area (Å²) < 4.78 is 4.96. The Labute approximate surface area is 87.0 Å². The summed E-state index contributed by atoms with van der Waals surface area (Å²) in [7, 11) is 1.58. The monoisotopic (exact) mass is 202 g/mol.